The minimum absolute atomic E-state index is 0.269. The van der Waals surface area contributed by atoms with Gasteiger partial charge in [0, 0.05) is 37.0 Å². The van der Waals surface area contributed by atoms with Crippen molar-refractivity contribution < 1.29 is 22.7 Å². The molecule has 1 amide bonds. The fraction of sp³-hybridized carbons (Fsp3) is 0.458. The van der Waals surface area contributed by atoms with Gasteiger partial charge in [-0.2, -0.15) is 0 Å². The minimum atomic E-state index is -3.27. The maximum absolute atomic E-state index is 12.2. The van der Waals surface area contributed by atoms with Crippen LogP contribution in [0.25, 0.3) is 16.7 Å². The smallest absolute Gasteiger partial charge is 0.410 e. The molecule has 0 saturated carbocycles. The van der Waals surface area contributed by atoms with Crippen LogP contribution < -0.4 is 4.74 Å². The van der Waals surface area contributed by atoms with Gasteiger partial charge in [-0.05, 0) is 63.8 Å². The normalized spacial score (nSPS) is 15.5. The van der Waals surface area contributed by atoms with E-state index in [0.717, 1.165) is 23.7 Å². The van der Waals surface area contributed by atoms with Crippen LogP contribution in [0.15, 0.2) is 47.8 Å². The van der Waals surface area contributed by atoms with Crippen LogP contribution in [-0.4, -0.2) is 65.5 Å². The first-order valence-corrected chi connectivity index (χ1v) is 13.1. The van der Waals surface area contributed by atoms with E-state index < -0.39 is 15.4 Å². The number of benzene rings is 1. The summed E-state index contributed by atoms with van der Waals surface area (Å²) in [5.74, 6) is 1.42. The molecule has 3 heterocycles. The van der Waals surface area contributed by atoms with E-state index >= 15 is 0 Å². The molecule has 1 saturated heterocycles. The maximum atomic E-state index is 12.2. The number of ether oxygens (including phenoxy) is 2. The zero-order valence-electron chi connectivity index (χ0n) is 19.9. The second-order valence-corrected chi connectivity index (χ2v) is 11.6. The Morgan fingerprint density at radius 3 is 2.53 bits per heavy atom. The summed E-state index contributed by atoms with van der Waals surface area (Å²) in [6.45, 7) is 7.38. The Kier molecular flexibility index (Phi) is 6.53. The molecule has 2 aromatic heterocycles. The van der Waals surface area contributed by atoms with Gasteiger partial charge < -0.3 is 18.9 Å². The highest BCUT2D eigenvalue weighted by molar-refractivity contribution is 7.90. The molecule has 0 bridgehead atoms. The van der Waals surface area contributed by atoms with Crippen LogP contribution in [0.3, 0.4) is 0 Å². The Bertz CT molecular complexity index is 1290. The van der Waals surface area contributed by atoms with E-state index in [9.17, 15) is 13.2 Å². The number of aromatic nitrogens is 3. The molecule has 1 fully saturated rings. The van der Waals surface area contributed by atoms with Crippen LogP contribution in [0.5, 0.6) is 5.88 Å². The molecule has 1 aromatic carbocycles. The molecular formula is C24H30N4O5S. The lowest BCUT2D eigenvalue weighted by Gasteiger charge is -2.33. The van der Waals surface area contributed by atoms with Crippen LogP contribution in [0, 0.1) is 5.92 Å². The second kappa shape index (κ2) is 9.25. The van der Waals surface area contributed by atoms with Crippen molar-refractivity contribution in [1.29, 1.82) is 0 Å². The average molecular weight is 487 g/mol. The van der Waals surface area contributed by atoms with Gasteiger partial charge in [0.25, 0.3) is 0 Å². The van der Waals surface area contributed by atoms with E-state index in [4.69, 9.17) is 9.47 Å². The maximum Gasteiger partial charge on any atom is 0.410 e. The van der Waals surface area contributed by atoms with Crippen LogP contribution in [-0.2, 0) is 14.6 Å². The molecule has 1 aliphatic rings. The van der Waals surface area contributed by atoms with Crippen molar-refractivity contribution in [3.05, 3.63) is 42.9 Å². The molecule has 1 aliphatic heterocycles. The molecule has 0 aliphatic carbocycles. The third kappa shape index (κ3) is 5.67. The molecule has 0 atom stereocenters. The lowest BCUT2D eigenvalue weighted by atomic mass is 9.98. The number of likely N-dealkylation sites (tertiary alicyclic amines) is 1. The average Bonchev–Trinajstić information content (AvgIpc) is 3.20. The molecule has 0 spiro atoms. The van der Waals surface area contributed by atoms with E-state index in [2.05, 4.69) is 9.97 Å². The topological polar surface area (TPSA) is 104 Å². The van der Waals surface area contributed by atoms with Crippen LogP contribution in [0.4, 0.5) is 4.79 Å². The van der Waals surface area contributed by atoms with Crippen molar-refractivity contribution in [3.8, 4) is 11.7 Å². The monoisotopic (exact) mass is 486 g/mol. The van der Waals surface area contributed by atoms with Crippen molar-refractivity contribution >= 4 is 26.8 Å². The molecule has 9 nitrogen and oxygen atoms in total. The van der Waals surface area contributed by atoms with Crippen LogP contribution in [0.2, 0.25) is 0 Å². The number of rotatable bonds is 5. The lowest BCUT2D eigenvalue weighted by Crippen LogP contribution is -2.42. The van der Waals surface area contributed by atoms with Crippen molar-refractivity contribution in [1.82, 2.24) is 19.4 Å². The molecule has 4 rings (SSSR count). The van der Waals surface area contributed by atoms with Gasteiger partial charge in [-0.15, -0.1) is 0 Å². The van der Waals surface area contributed by atoms with Gasteiger partial charge in [0.15, 0.2) is 9.84 Å². The third-order valence-corrected chi connectivity index (χ3v) is 6.81. The van der Waals surface area contributed by atoms with Crippen molar-refractivity contribution in [2.75, 3.05) is 26.0 Å². The van der Waals surface area contributed by atoms with Gasteiger partial charge in [-0.1, -0.05) is 0 Å². The van der Waals surface area contributed by atoms with Gasteiger partial charge in [0.2, 0.25) is 5.88 Å². The number of hydrogen-bond donors (Lipinski definition) is 0. The number of carbonyl (C=O) groups excluding carboxylic acids is 1. The summed E-state index contributed by atoms with van der Waals surface area (Å²) in [7, 11) is -3.27. The summed E-state index contributed by atoms with van der Waals surface area (Å²) in [4.78, 5) is 22.8. The van der Waals surface area contributed by atoms with Crippen molar-refractivity contribution in [2.24, 2.45) is 5.92 Å². The molecule has 0 N–H and O–H groups in total. The summed E-state index contributed by atoms with van der Waals surface area (Å²) >= 11 is 0. The van der Waals surface area contributed by atoms with Crippen LogP contribution >= 0.6 is 0 Å². The zero-order valence-corrected chi connectivity index (χ0v) is 20.7. The SMILES string of the molecule is CC(C)(C)OC(=O)N1CCC(COc2cc(-n3ccc4cc(S(C)(=O)=O)ccc43)ncn2)CC1. The molecule has 182 valence electrons. The van der Waals surface area contributed by atoms with Gasteiger partial charge in [0.1, 0.15) is 17.7 Å². The fourth-order valence-corrected chi connectivity index (χ4v) is 4.56. The van der Waals surface area contributed by atoms with E-state index in [-0.39, 0.29) is 11.0 Å². The Morgan fingerprint density at radius 2 is 1.85 bits per heavy atom. The first-order valence-electron chi connectivity index (χ1n) is 11.2. The second-order valence-electron chi connectivity index (χ2n) is 9.61. The summed E-state index contributed by atoms with van der Waals surface area (Å²) in [5.41, 5.74) is 0.342. The molecule has 34 heavy (non-hydrogen) atoms. The van der Waals surface area contributed by atoms with Crippen LogP contribution in [0.1, 0.15) is 33.6 Å². The predicted octanol–water partition coefficient (Wildman–Crippen LogP) is 3.85. The molecular weight excluding hydrogens is 456 g/mol. The molecule has 0 radical (unpaired) electrons. The van der Waals surface area contributed by atoms with E-state index in [1.807, 2.05) is 37.6 Å². The Hall–Kier alpha value is -3.14. The van der Waals surface area contributed by atoms with E-state index in [1.54, 1.807) is 29.2 Å². The number of sulfone groups is 1. The molecule has 3 aromatic rings. The molecule has 10 heteroatoms. The van der Waals surface area contributed by atoms with Gasteiger partial charge in [-0.25, -0.2) is 23.2 Å². The number of fused-ring (bicyclic) bond motifs is 1. The quantitative estimate of drug-likeness (QED) is 0.539. The Morgan fingerprint density at radius 1 is 1.12 bits per heavy atom. The largest absolute Gasteiger partial charge is 0.477 e. The van der Waals surface area contributed by atoms with E-state index in [0.29, 0.717) is 37.3 Å². The van der Waals surface area contributed by atoms with Crippen molar-refractivity contribution in [3.63, 3.8) is 0 Å². The van der Waals surface area contributed by atoms with Crippen molar-refractivity contribution in [2.45, 2.75) is 44.1 Å². The lowest BCUT2D eigenvalue weighted by molar-refractivity contribution is 0.0164. The number of carbonyl (C=O) groups is 1. The van der Waals surface area contributed by atoms with Gasteiger partial charge in [-0.3, -0.25) is 0 Å². The zero-order chi connectivity index (χ0) is 24.5. The summed E-state index contributed by atoms with van der Waals surface area (Å²) in [5, 5.41) is 0.806. The highest BCUT2D eigenvalue weighted by Crippen LogP contribution is 2.25. The fourth-order valence-electron chi connectivity index (χ4n) is 3.90. The Balaban J connectivity index is 1.38. The number of amides is 1. The molecule has 0 unspecified atom stereocenters. The third-order valence-electron chi connectivity index (χ3n) is 5.70. The summed E-state index contributed by atoms with van der Waals surface area (Å²) < 4.78 is 37.0. The van der Waals surface area contributed by atoms with Gasteiger partial charge >= 0.3 is 6.09 Å². The van der Waals surface area contributed by atoms with E-state index in [1.165, 1.54) is 12.6 Å². The number of nitrogens with zero attached hydrogens (tertiary/aromatic N) is 4. The summed E-state index contributed by atoms with van der Waals surface area (Å²) in [6.07, 6.45) is 5.89. The number of hydrogen-bond acceptors (Lipinski definition) is 7. The van der Waals surface area contributed by atoms with Gasteiger partial charge in [0.05, 0.1) is 17.0 Å². The highest BCUT2D eigenvalue weighted by atomic mass is 32.2. The standard InChI is InChI=1S/C24H30N4O5S/c1-24(2,3)33-23(29)27-10-7-17(8-11-27)15-32-22-14-21(25-16-26-22)28-12-9-18-13-19(34(4,30)31)5-6-20(18)28/h5-6,9,12-14,16-17H,7-8,10-11,15H2,1-4H3. The minimum Gasteiger partial charge on any atom is -0.477 e. The number of piperidine rings is 1. The highest BCUT2D eigenvalue weighted by Gasteiger charge is 2.27. The first kappa shape index (κ1) is 24.0. The Labute approximate surface area is 199 Å². The summed E-state index contributed by atoms with van der Waals surface area (Å²) in [6, 6.07) is 8.64. The predicted molar refractivity (Wildman–Crippen MR) is 128 cm³/mol. The first-order chi connectivity index (χ1) is 16.0.